The summed E-state index contributed by atoms with van der Waals surface area (Å²) in [5, 5.41) is 0. The van der Waals surface area contributed by atoms with E-state index >= 15 is 0 Å². The Bertz CT molecular complexity index is 233. The summed E-state index contributed by atoms with van der Waals surface area (Å²) < 4.78 is 22.9. The summed E-state index contributed by atoms with van der Waals surface area (Å²) in [7, 11) is -2.85. The molecule has 4 nitrogen and oxygen atoms in total. The van der Waals surface area contributed by atoms with Gasteiger partial charge in [-0.3, -0.25) is 0 Å². The maximum atomic E-state index is 12.1. The van der Waals surface area contributed by atoms with Gasteiger partial charge in [0.25, 0.3) is 0 Å². The van der Waals surface area contributed by atoms with Gasteiger partial charge in [0.15, 0.2) is 0 Å². The molecule has 15 heavy (non-hydrogen) atoms. The van der Waals surface area contributed by atoms with Crippen molar-refractivity contribution in [2.75, 3.05) is 25.9 Å². The van der Waals surface area contributed by atoms with E-state index < -0.39 is 7.60 Å². The maximum absolute atomic E-state index is 12.1. The Morgan fingerprint density at radius 1 is 1.40 bits per heavy atom. The molecule has 1 heterocycles. The molecular formula is C9H19LiNO3P. The van der Waals surface area contributed by atoms with Crippen molar-refractivity contribution in [2.24, 2.45) is 0 Å². The summed E-state index contributed by atoms with van der Waals surface area (Å²) in [6.07, 6.45) is 2.86. The molecule has 0 radical (unpaired) electrons. The number of likely N-dealkylation sites (tertiary alicyclic amines) is 1. The molecule has 1 rings (SSSR count). The molecule has 0 N–H and O–H groups in total. The van der Waals surface area contributed by atoms with Crippen molar-refractivity contribution in [2.45, 2.75) is 31.6 Å². The van der Waals surface area contributed by atoms with Gasteiger partial charge >= 0.3 is 101 Å². The Kier molecular flexibility index (Phi) is 5.92. The zero-order valence-corrected chi connectivity index (χ0v) is 10.8. The zero-order chi connectivity index (χ0) is 11.3. The molecule has 2 unspecified atom stereocenters. The fraction of sp³-hybridized carbons (Fsp3) is 1.00. The third-order valence-corrected chi connectivity index (χ3v) is 4.73. The monoisotopic (exact) mass is 227 g/mol. The van der Waals surface area contributed by atoms with E-state index in [9.17, 15) is 4.57 Å². The van der Waals surface area contributed by atoms with Gasteiger partial charge in [-0.25, -0.2) is 0 Å². The first-order valence-corrected chi connectivity index (χ1v) is 7.50. The SMILES string of the molecule is [Li][CH](OP(=O)(CC)OCC)N1CCCC1. The van der Waals surface area contributed by atoms with Gasteiger partial charge in [0.2, 0.25) is 0 Å². The van der Waals surface area contributed by atoms with E-state index in [1.807, 2.05) is 31.6 Å². The Morgan fingerprint density at radius 2 is 2.00 bits per heavy atom. The number of rotatable bonds is 6. The number of hydrogen-bond donors (Lipinski definition) is 0. The molecule has 0 saturated carbocycles. The van der Waals surface area contributed by atoms with Gasteiger partial charge in [-0.15, -0.1) is 0 Å². The van der Waals surface area contributed by atoms with Crippen molar-refractivity contribution >= 4 is 25.3 Å². The molecule has 1 aliphatic heterocycles. The van der Waals surface area contributed by atoms with Crippen LogP contribution >= 0.6 is 7.60 Å². The van der Waals surface area contributed by atoms with E-state index in [-0.39, 0.29) is 4.90 Å². The Hall–Kier alpha value is 0.707. The third-order valence-electron chi connectivity index (χ3n) is 2.68. The van der Waals surface area contributed by atoms with Gasteiger partial charge in [0, 0.05) is 0 Å². The first-order chi connectivity index (χ1) is 7.11. The molecule has 0 aromatic rings. The van der Waals surface area contributed by atoms with E-state index in [0.717, 1.165) is 13.1 Å². The van der Waals surface area contributed by atoms with Crippen molar-refractivity contribution < 1.29 is 13.6 Å². The van der Waals surface area contributed by atoms with Crippen molar-refractivity contribution in [3.8, 4) is 0 Å². The summed E-state index contributed by atoms with van der Waals surface area (Å²) in [4.78, 5) is 2.12. The summed E-state index contributed by atoms with van der Waals surface area (Å²) in [5.41, 5.74) is 0. The minimum absolute atomic E-state index is 0.0927. The fourth-order valence-corrected chi connectivity index (χ4v) is 3.18. The topological polar surface area (TPSA) is 38.8 Å². The van der Waals surface area contributed by atoms with Crippen LogP contribution in [-0.4, -0.2) is 53.4 Å². The van der Waals surface area contributed by atoms with Crippen LogP contribution in [0.4, 0.5) is 0 Å². The van der Waals surface area contributed by atoms with Crippen molar-refractivity contribution in [3.63, 3.8) is 0 Å². The zero-order valence-electron chi connectivity index (χ0n) is 9.94. The van der Waals surface area contributed by atoms with E-state index in [4.69, 9.17) is 9.05 Å². The van der Waals surface area contributed by atoms with Crippen LogP contribution in [0.5, 0.6) is 0 Å². The number of hydrogen-bond acceptors (Lipinski definition) is 4. The number of nitrogens with zero attached hydrogens (tertiary/aromatic N) is 1. The Balaban J connectivity index is 2.46. The van der Waals surface area contributed by atoms with Crippen molar-refractivity contribution in [1.29, 1.82) is 0 Å². The molecule has 2 atom stereocenters. The van der Waals surface area contributed by atoms with Gasteiger partial charge in [0.1, 0.15) is 0 Å². The quantitative estimate of drug-likeness (QED) is 0.512. The average molecular weight is 227 g/mol. The predicted octanol–water partition coefficient (Wildman–Crippen LogP) is 1.80. The molecular weight excluding hydrogens is 208 g/mol. The molecule has 1 aliphatic rings. The molecule has 1 fully saturated rings. The van der Waals surface area contributed by atoms with Gasteiger partial charge in [0.05, 0.1) is 0 Å². The molecule has 84 valence electrons. The van der Waals surface area contributed by atoms with Crippen LogP contribution in [0.2, 0.25) is 0 Å². The third kappa shape index (κ3) is 4.23. The molecule has 0 aliphatic carbocycles. The summed E-state index contributed by atoms with van der Waals surface area (Å²) in [6, 6.07) is 0. The van der Waals surface area contributed by atoms with Crippen molar-refractivity contribution in [3.05, 3.63) is 0 Å². The van der Waals surface area contributed by atoms with Gasteiger partial charge in [-0.1, -0.05) is 0 Å². The molecule has 0 amide bonds. The second-order valence-corrected chi connectivity index (χ2v) is 6.12. The van der Waals surface area contributed by atoms with E-state index in [0.29, 0.717) is 12.8 Å². The van der Waals surface area contributed by atoms with E-state index in [2.05, 4.69) is 4.90 Å². The second-order valence-electron chi connectivity index (χ2n) is 3.79. The molecule has 1 saturated heterocycles. The van der Waals surface area contributed by atoms with Gasteiger partial charge < -0.3 is 0 Å². The van der Waals surface area contributed by atoms with Crippen LogP contribution in [-0.2, 0) is 13.6 Å². The van der Waals surface area contributed by atoms with Gasteiger partial charge in [-0.05, 0) is 0 Å². The van der Waals surface area contributed by atoms with Crippen LogP contribution in [0.3, 0.4) is 0 Å². The summed E-state index contributed by atoms with van der Waals surface area (Å²) in [6.45, 7) is 6.20. The summed E-state index contributed by atoms with van der Waals surface area (Å²) in [5.74, 6) is 0. The molecule has 6 heteroatoms. The first kappa shape index (κ1) is 13.8. The second kappa shape index (κ2) is 6.44. The van der Waals surface area contributed by atoms with Crippen LogP contribution in [0.15, 0.2) is 0 Å². The first-order valence-electron chi connectivity index (χ1n) is 5.77. The molecule has 0 aromatic carbocycles. The van der Waals surface area contributed by atoms with Crippen molar-refractivity contribution in [1.82, 2.24) is 4.90 Å². The molecule has 0 spiro atoms. The van der Waals surface area contributed by atoms with Gasteiger partial charge in [-0.2, -0.15) is 0 Å². The molecule has 0 aromatic heterocycles. The summed E-state index contributed by atoms with van der Waals surface area (Å²) >= 11 is 1.95. The standard InChI is InChI=1S/C9H19NO3P.Li/c1-3-12-14(11,4-2)13-9-10-7-5-6-8-10;/h9H,3-8H2,1-2H3;. The minimum atomic E-state index is -2.85. The molecule has 0 bridgehead atoms. The van der Waals surface area contributed by atoms with Crippen LogP contribution in [0.25, 0.3) is 0 Å². The predicted molar refractivity (Wildman–Crippen MR) is 61.2 cm³/mol. The van der Waals surface area contributed by atoms with E-state index in [1.165, 1.54) is 12.8 Å². The normalized spacial score (nSPS) is 24.0. The Labute approximate surface area is 101 Å². The van der Waals surface area contributed by atoms with E-state index in [1.54, 1.807) is 0 Å². The van der Waals surface area contributed by atoms with Crippen LogP contribution in [0, 0.1) is 0 Å². The fourth-order valence-electron chi connectivity index (χ4n) is 1.80. The van der Waals surface area contributed by atoms with Crippen LogP contribution in [0.1, 0.15) is 26.7 Å². The van der Waals surface area contributed by atoms with Crippen LogP contribution < -0.4 is 0 Å². The Morgan fingerprint density at radius 3 is 2.47 bits per heavy atom. The average Bonchev–Trinajstić information content (AvgIpc) is 2.71.